The molecule has 0 aliphatic carbocycles. The molecule has 1 aliphatic heterocycles. The second kappa shape index (κ2) is 8.87. The summed E-state index contributed by atoms with van der Waals surface area (Å²) < 4.78 is 0. The largest absolute Gasteiger partial charge is 0.300 e. The molecule has 0 bridgehead atoms. The highest BCUT2D eigenvalue weighted by Gasteiger charge is 2.15. The van der Waals surface area contributed by atoms with Gasteiger partial charge in [-0.05, 0) is 5.56 Å². The molecule has 0 aromatic heterocycles. The van der Waals surface area contributed by atoms with Crippen LogP contribution in [0.1, 0.15) is 45.1 Å². The van der Waals surface area contributed by atoms with Gasteiger partial charge in [-0.25, -0.2) is 0 Å². The Hall–Kier alpha value is -1.15. The van der Waals surface area contributed by atoms with E-state index in [1.807, 2.05) is 6.07 Å². The Balaban J connectivity index is 0.000000357. The summed E-state index contributed by atoms with van der Waals surface area (Å²) in [4.78, 5) is 13.4. The zero-order valence-corrected chi connectivity index (χ0v) is 11.7. The number of carbonyl (C=O) groups excluding carboxylic acids is 1. The van der Waals surface area contributed by atoms with Crippen LogP contribution < -0.4 is 0 Å². The van der Waals surface area contributed by atoms with Gasteiger partial charge in [-0.1, -0.05) is 57.0 Å². The molecule has 2 heteroatoms. The number of rotatable bonds is 3. The molecule has 0 atom stereocenters. The molecule has 0 amide bonds. The first-order chi connectivity index (χ1) is 8.76. The van der Waals surface area contributed by atoms with Crippen LogP contribution in [0.25, 0.3) is 0 Å². The molecular weight excluding hydrogens is 222 g/mol. The third-order valence-electron chi connectivity index (χ3n) is 3.16. The third-order valence-corrected chi connectivity index (χ3v) is 3.16. The second-order valence-electron chi connectivity index (χ2n) is 4.80. The molecule has 1 aliphatic rings. The van der Waals surface area contributed by atoms with Crippen LogP contribution in [0.5, 0.6) is 0 Å². The number of piperidine rings is 1. The number of nitrogens with zero attached hydrogens (tertiary/aromatic N) is 1. The maximum absolute atomic E-state index is 11.0. The average molecular weight is 247 g/mol. The molecule has 0 spiro atoms. The molecule has 1 heterocycles. The highest BCUT2D eigenvalue weighted by atomic mass is 16.1. The fourth-order valence-corrected chi connectivity index (χ4v) is 1.80. The van der Waals surface area contributed by atoms with Crippen molar-refractivity contribution in [3.63, 3.8) is 0 Å². The van der Waals surface area contributed by atoms with E-state index in [1.54, 1.807) is 0 Å². The van der Waals surface area contributed by atoms with Gasteiger partial charge in [0.05, 0.1) is 0 Å². The van der Waals surface area contributed by atoms with Gasteiger partial charge < -0.3 is 0 Å². The minimum Gasteiger partial charge on any atom is -0.300 e. The monoisotopic (exact) mass is 247 g/mol. The number of ketones is 1. The SMILES string of the molecule is CCCC.O=C1CCN(Cc2ccccc2)CC1. The zero-order valence-electron chi connectivity index (χ0n) is 11.7. The number of benzene rings is 1. The molecule has 18 heavy (non-hydrogen) atoms. The predicted molar refractivity (Wildman–Crippen MR) is 76.5 cm³/mol. The van der Waals surface area contributed by atoms with Crippen LogP contribution in [0.3, 0.4) is 0 Å². The van der Waals surface area contributed by atoms with Gasteiger partial charge in [0, 0.05) is 32.5 Å². The number of hydrogen-bond acceptors (Lipinski definition) is 2. The lowest BCUT2D eigenvalue weighted by molar-refractivity contribution is -0.121. The number of Topliss-reactive ketones (excluding diaryl/α,β-unsaturated/α-hetero) is 1. The van der Waals surface area contributed by atoms with E-state index in [0.717, 1.165) is 32.5 Å². The van der Waals surface area contributed by atoms with E-state index < -0.39 is 0 Å². The van der Waals surface area contributed by atoms with Gasteiger partial charge in [-0.2, -0.15) is 0 Å². The maximum Gasteiger partial charge on any atom is 0.135 e. The van der Waals surface area contributed by atoms with Crippen LogP contribution in [-0.2, 0) is 11.3 Å². The topological polar surface area (TPSA) is 20.3 Å². The molecule has 0 unspecified atom stereocenters. The highest BCUT2D eigenvalue weighted by Crippen LogP contribution is 2.10. The fraction of sp³-hybridized carbons (Fsp3) is 0.562. The van der Waals surface area contributed by atoms with E-state index in [4.69, 9.17) is 0 Å². The Morgan fingerprint density at radius 3 is 2.06 bits per heavy atom. The molecule has 1 aromatic rings. The van der Waals surface area contributed by atoms with Crippen LogP contribution in [0.2, 0.25) is 0 Å². The van der Waals surface area contributed by atoms with Gasteiger partial charge >= 0.3 is 0 Å². The van der Waals surface area contributed by atoms with Gasteiger partial charge in [0.1, 0.15) is 5.78 Å². The van der Waals surface area contributed by atoms with Crippen molar-refractivity contribution in [3.05, 3.63) is 35.9 Å². The first kappa shape index (κ1) is 14.9. The van der Waals surface area contributed by atoms with Crippen LogP contribution in [0.4, 0.5) is 0 Å². The molecular formula is C16H25NO. The van der Waals surface area contributed by atoms with E-state index in [-0.39, 0.29) is 0 Å². The van der Waals surface area contributed by atoms with Gasteiger partial charge in [0.25, 0.3) is 0 Å². The average Bonchev–Trinajstić information content (AvgIpc) is 2.43. The van der Waals surface area contributed by atoms with E-state index in [9.17, 15) is 4.79 Å². The summed E-state index contributed by atoms with van der Waals surface area (Å²) in [5, 5.41) is 0. The molecule has 2 nitrogen and oxygen atoms in total. The first-order valence-electron chi connectivity index (χ1n) is 7.04. The van der Waals surface area contributed by atoms with Crippen LogP contribution >= 0.6 is 0 Å². The van der Waals surface area contributed by atoms with Gasteiger partial charge in [0.15, 0.2) is 0 Å². The first-order valence-corrected chi connectivity index (χ1v) is 7.04. The fourth-order valence-electron chi connectivity index (χ4n) is 1.80. The summed E-state index contributed by atoms with van der Waals surface area (Å²) in [7, 11) is 0. The summed E-state index contributed by atoms with van der Waals surface area (Å²) in [6.07, 6.45) is 4.10. The molecule has 0 N–H and O–H groups in total. The summed E-state index contributed by atoms with van der Waals surface area (Å²) in [5.41, 5.74) is 1.34. The van der Waals surface area contributed by atoms with Crippen molar-refractivity contribution >= 4 is 5.78 Å². The molecule has 0 saturated carbocycles. The molecule has 100 valence electrons. The lowest BCUT2D eigenvalue weighted by atomic mass is 10.1. The van der Waals surface area contributed by atoms with Crippen molar-refractivity contribution in [2.45, 2.75) is 46.1 Å². The maximum atomic E-state index is 11.0. The van der Waals surface area contributed by atoms with E-state index in [1.165, 1.54) is 18.4 Å². The second-order valence-corrected chi connectivity index (χ2v) is 4.80. The Morgan fingerprint density at radius 1 is 1.00 bits per heavy atom. The van der Waals surface area contributed by atoms with Crippen molar-refractivity contribution in [2.24, 2.45) is 0 Å². The van der Waals surface area contributed by atoms with Crippen molar-refractivity contribution in [3.8, 4) is 0 Å². The zero-order chi connectivity index (χ0) is 13.2. The Bertz CT molecular complexity index is 322. The molecule has 1 saturated heterocycles. The minimum atomic E-state index is 0.411. The van der Waals surface area contributed by atoms with Crippen LogP contribution in [-0.4, -0.2) is 23.8 Å². The standard InChI is InChI=1S/C12H15NO.C4H10/c14-12-6-8-13(9-7-12)10-11-4-2-1-3-5-11;1-3-4-2/h1-5H,6-10H2;3-4H2,1-2H3. The molecule has 0 radical (unpaired) electrons. The number of hydrogen-bond donors (Lipinski definition) is 0. The molecule has 1 aromatic carbocycles. The summed E-state index contributed by atoms with van der Waals surface area (Å²) >= 11 is 0. The summed E-state index contributed by atoms with van der Waals surface area (Å²) in [6.45, 7) is 7.19. The van der Waals surface area contributed by atoms with E-state index >= 15 is 0 Å². The number of likely N-dealkylation sites (tertiary alicyclic amines) is 1. The lowest BCUT2D eigenvalue weighted by Gasteiger charge is -2.25. The van der Waals surface area contributed by atoms with E-state index in [0.29, 0.717) is 5.78 Å². The predicted octanol–water partition coefficient (Wildman–Crippen LogP) is 3.66. The number of unbranched alkanes of at least 4 members (excludes halogenated alkanes) is 1. The summed E-state index contributed by atoms with van der Waals surface area (Å²) in [5.74, 6) is 0.411. The summed E-state index contributed by atoms with van der Waals surface area (Å²) in [6, 6.07) is 10.4. The normalized spacial score (nSPS) is 16.0. The van der Waals surface area contributed by atoms with E-state index in [2.05, 4.69) is 43.0 Å². The van der Waals surface area contributed by atoms with Crippen molar-refractivity contribution in [1.29, 1.82) is 0 Å². The van der Waals surface area contributed by atoms with Crippen molar-refractivity contribution in [2.75, 3.05) is 13.1 Å². The quantitative estimate of drug-likeness (QED) is 0.812. The van der Waals surface area contributed by atoms with Crippen molar-refractivity contribution in [1.82, 2.24) is 4.90 Å². The van der Waals surface area contributed by atoms with Crippen LogP contribution in [0, 0.1) is 0 Å². The Kier molecular flexibility index (Phi) is 7.35. The smallest absolute Gasteiger partial charge is 0.135 e. The van der Waals surface area contributed by atoms with Crippen molar-refractivity contribution < 1.29 is 4.79 Å². The minimum absolute atomic E-state index is 0.411. The van der Waals surface area contributed by atoms with Gasteiger partial charge in [-0.15, -0.1) is 0 Å². The highest BCUT2D eigenvalue weighted by molar-refractivity contribution is 5.79. The molecule has 2 rings (SSSR count). The Morgan fingerprint density at radius 2 is 1.56 bits per heavy atom. The molecule has 1 fully saturated rings. The van der Waals surface area contributed by atoms with Gasteiger partial charge in [-0.3, -0.25) is 9.69 Å². The third kappa shape index (κ3) is 5.97. The van der Waals surface area contributed by atoms with Crippen LogP contribution in [0.15, 0.2) is 30.3 Å². The Labute approximate surface area is 111 Å². The lowest BCUT2D eigenvalue weighted by Crippen LogP contribution is -2.33. The van der Waals surface area contributed by atoms with Gasteiger partial charge in [0.2, 0.25) is 0 Å². The number of carbonyl (C=O) groups is 1.